The van der Waals surface area contributed by atoms with Gasteiger partial charge >= 0.3 is 0 Å². The Labute approximate surface area is 260 Å². The quantitative estimate of drug-likeness (QED) is 0.219. The topological polar surface area (TPSA) is 9.23 Å². The molecule has 2 aliphatic carbocycles. The van der Waals surface area contributed by atoms with E-state index < -0.39 is 0 Å². The van der Waals surface area contributed by atoms with Gasteiger partial charge < -0.3 is 4.74 Å². The maximum absolute atomic E-state index is 6.62. The fraction of sp³-hybridized carbons (Fsp3) is 0.707. The molecule has 0 unspecified atom stereocenters. The van der Waals surface area contributed by atoms with Crippen molar-refractivity contribution in [3.8, 4) is 16.9 Å². The molecule has 1 heteroatoms. The van der Waals surface area contributed by atoms with Crippen LogP contribution in [0.1, 0.15) is 160 Å². The summed E-state index contributed by atoms with van der Waals surface area (Å²) in [6.07, 6.45) is 21.2. The van der Waals surface area contributed by atoms with Gasteiger partial charge in [0, 0.05) is 5.41 Å². The van der Waals surface area contributed by atoms with Crippen LogP contribution in [0, 0.1) is 23.2 Å². The summed E-state index contributed by atoms with van der Waals surface area (Å²) >= 11 is 0. The van der Waals surface area contributed by atoms with Gasteiger partial charge in [0.2, 0.25) is 0 Å². The molecule has 2 saturated carbocycles. The third kappa shape index (κ3) is 8.04. The van der Waals surface area contributed by atoms with E-state index in [1.807, 2.05) is 0 Å². The molecule has 0 N–H and O–H groups in total. The lowest BCUT2D eigenvalue weighted by molar-refractivity contribution is 0.127. The van der Waals surface area contributed by atoms with Crippen molar-refractivity contribution >= 4 is 0 Å². The van der Waals surface area contributed by atoms with Crippen molar-refractivity contribution in [2.24, 2.45) is 23.2 Å². The molecule has 2 aromatic carbocycles. The van der Waals surface area contributed by atoms with Crippen LogP contribution >= 0.6 is 0 Å². The third-order valence-electron chi connectivity index (χ3n) is 12.1. The summed E-state index contributed by atoms with van der Waals surface area (Å²) in [5.74, 6) is 4.84. The highest BCUT2D eigenvalue weighted by atomic mass is 16.5. The smallest absolute Gasteiger partial charge is 0.122 e. The van der Waals surface area contributed by atoms with E-state index in [2.05, 4.69) is 78.8 Å². The zero-order valence-corrected chi connectivity index (χ0v) is 28.6. The van der Waals surface area contributed by atoms with Gasteiger partial charge in [-0.2, -0.15) is 0 Å². The van der Waals surface area contributed by atoms with Crippen LogP contribution in [0.15, 0.2) is 30.3 Å². The number of hydrogen-bond acceptors (Lipinski definition) is 1. The van der Waals surface area contributed by atoms with E-state index in [9.17, 15) is 0 Å². The van der Waals surface area contributed by atoms with Gasteiger partial charge in [-0.05, 0) is 133 Å². The molecule has 0 amide bonds. The SMILES string of the molecule is CCc1cc(-c2ccc(C3CCC(CCC4CCC(C)CC4)CC3)cc2CC)c(CC)cc1OCC(CC)(CC)CC. The lowest BCUT2D eigenvalue weighted by Gasteiger charge is -2.32. The van der Waals surface area contributed by atoms with Gasteiger partial charge in [0.25, 0.3) is 0 Å². The summed E-state index contributed by atoms with van der Waals surface area (Å²) in [5.41, 5.74) is 9.06. The second-order valence-electron chi connectivity index (χ2n) is 14.4. The maximum Gasteiger partial charge on any atom is 0.122 e. The zero-order valence-electron chi connectivity index (χ0n) is 28.6. The van der Waals surface area contributed by atoms with Crippen molar-refractivity contribution in [3.05, 3.63) is 52.6 Å². The first-order valence-electron chi connectivity index (χ1n) is 18.3. The van der Waals surface area contributed by atoms with Crippen LogP contribution in [-0.4, -0.2) is 6.61 Å². The molecule has 234 valence electrons. The van der Waals surface area contributed by atoms with E-state index in [1.54, 1.807) is 5.56 Å². The normalized spacial score (nSPS) is 23.2. The van der Waals surface area contributed by atoms with E-state index in [0.29, 0.717) is 0 Å². The van der Waals surface area contributed by atoms with Crippen LogP contribution in [0.25, 0.3) is 11.1 Å². The fourth-order valence-electron chi connectivity index (χ4n) is 8.20. The van der Waals surface area contributed by atoms with Crippen LogP contribution < -0.4 is 4.74 Å². The van der Waals surface area contributed by atoms with Crippen LogP contribution in [-0.2, 0) is 19.3 Å². The van der Waals surface area contributed by atoms with Crippen molar-refractivity contribution in [2.45, 2.75) is 157 Å². The minimum Gasteiger partial charge on any atom is -0.493 e. The Morgan fingerprint density at radius 3 is 1.71 bits per heavy atom. The molecule has 0 heterocycles. The van der Waals surface area contributed by atoms with Crippen LogP contribution in [0.2, 0.25) is 0 Å². The molecular weight excluding hydrogens is 508 g/mol. The zero-order chi connectivity index (χ0) is 30.1. The second-order valence-corrected chi connectivity index (χ2v) is 14.4. The third-order valence-corrected chi connectivity index (χ3v) is 12.1. The molecule has 42 heavy (non-hydrogen) atoms. The molecule has 2 fully saturated rings. The van der Waals surface area contributed by atoms with Crippen LogP contribution in [0.5, 0.6) is 5.75 Å². The number of rotatable bonds is 14. The molecule has 0 aromatic heterocycles. The largest absolute Gasteiger partial charge is 0.493 e. The lowest BCUT2D eigenvalue weighted by atomic mass is 9.74. The summed E-state index contributed by atoms with van der Waals surface area (Å²) in [6, 6.07) is 12.4. The highest BCUT2D eigenvalue weighted by molar-refractivity contribution is 5.73. The Hall–Kier alpha value is -1.76. The minimum atomic E-state index is 0.286. The van der Waals surface area contributed by atoms with E-state index >= 15 is 0 Å². The van der Waals surface area contributed by atoms with E-state index in [-0.39, 0.29) is 5.41 Å². The summed E-state index contributed by atoms with van der Waals surface area (Å²) in [6.45, 7) is 17.1. The molecule has 0 aliphatic heterocycles. The van der Waals surface area contributed by atoms with Crippen molar-refractivity contribution in [3.63, 3.8) is 0 Å². The standard InChI is InChI=1S/C41H64O/c1-8-33-26-37(36-22-20-32(21-23-36)19-18-31-16-14-30(7)15-17-31)24-25-38(33)39-27-35(10-3)40(28-34(39)9-2)42-29-41(11-4,12-5)13-6/h24-28,30-32,36H,8-23,29H2,1-7H3. The van der Waals surface area contributed by atoms with E-state index in [1.165, 1.54) is 111 Å². The summed E-state index contributed by atoms with van der Waals surface area (Å²) in [5, 5.41) is 0. The van der Waals surface area contributed by atoms with Crippen LogP contribution in [0.3, 0.4) is 0 Å². The average Bonchev–Trinajstić information content (AvgIpc) is 3.05. The van der Waals surface area contributed by atoms with Gasteiger partial charge in [0.05, 0.1) is 6.61 Å². The van der Waals surface area contributed by atoms with E-state index in [0.717, 1.165) is 55.3 Å². The average molecular weight is 573 g/mol. The number of hydrogen-bond donors (Lipinski definition) is 0. The number of aryl methyl sites for hydroxylation is 3. The Morgan fingerprint density at radius 2 is 1.17 bits per heavy atom. The van der Waals surface area contributed by atoms with Gasteiger partial charge in [-0.15, -0.1) is 0 Å². The van der Waals surface area contributed by atoms with Crippen molar-refractivity contribution < 1.29 is 4.74 Å². The number of ether oxygens (including phenoxy) is 1. The Kier molecular flexibility index (Phi) is 12.5. The van der Waals surface area contributed by atoms with Crippen molar-refractivity contribution in [1.29, 1.82) is 0 Å². The minimum absolute atomic E-state index is 0.286. The molecule has 4 rings (SSSR count). The molecule has 2 aliphatic rings. The van der Waals surface area contributed by atoms with Crippen molar-refractivity contribution in [1.82, 2.24) is 0 Å². The molecule has 1 nitrogen and oxygen atoms in total. The Balaban J connectivity index is 1.45. The summed E-state index contributed by atoms with van der Waals surface area (Å²) in [7, 11) is 0. The highest BCUT2D eigenvalue weighted by Crippen LogP contribution is 2.42. The molecule has 0 radical (unpaired) electrons. The first-order valence-corrected chi connectivity index (χ1v) is 18.3. The van der Waals surface area contributed by atoms with E-state index in [4.69, 9.17) is 4.74 Å². The van der Waals surface area contributed by atoms with Crippen LogP contribution in [0.4, 0.5) is 0 Å². The lowest BCUT2D eigenvalue weighted by Crippen LogP contribution is -2.26. The predicted molar refractivity (Wildman–Crippen MR) is 184 cm³/mol. The first kappa shape index (κ1) is 33.1. The fourth-order valence-corrected chi connectivity index (χ4v) is 8.20. The second kappa shape index (κ2) is 15.8. The van der Waals surface area contributed by atoms with Crippen molar-refractivity contribution in [2.75, 3.05) is 6.61 Å². The van der Waals surface area contributed by atoms with Gasteiger partial charge in [0.1, 0.15) is 5.75 Å². The van der Waals surface area contributed by atoms with Gasteiger partial charge in [-0.1, -0.05) is 105 Å². The Bertz CT molecular complexity index is 1080. The molecule has 0 atom stereocenters. The summed E-state index contributed by atoms with van der Waals surface area (Å²) < 4.78 is 6.62. The summed E-state index contributed by atoms with van der Waals surface area (Å²) in [4.78, 5) is 0. The number of benzene rings is 2. The molecule has 0 spiro atoms. The van der Waals surface area contributed by atoms with Gasteiger partial charge in [-0.25, -0.2) is 0 Å². The predicted octanol–water partition coefficient (Wildman–Crippen LogP) is 12.5. The first-order chi connectivity index (χ1) is 20.4. The highest BCUT2D eigenvalue weighted by Gasteiger charge is 2.27. The maximum atomic E-state index is 6.62. The molecular formula is C41H64O. The molecule has 0 bridgehead atoms. The Morgan fingerprint density at radius 1 is 0.619 bits per heavy atom. The monoisotopic (exact) mass is 572 g/mol. The molecule has 2 aromatic rings. The molecule has 0 saturated heterocycles. The van der Waals surface area contributed by atoms with Gasteiger partial charge in [0.15, 0.2) is 0 Å². The van der Waals surface area contributed by atoms with Gasteiger partial charge in [-0.3, -0.25) is 0 Å².